The van der Waals surface area contributed by atoms with E-state index in [1.807, 2.05) is 13.8 Å². The molecule has 0 aromatic carbocycles. The Labute approximate surface area is 82.5 Å². The highest BCUT2D eigenvalue weighted by molar-refractivity contribution is 7.99. The van der Waals surface area contributed by atoms with Crippen LogP contribution in [0.5, 0.6) is 0 Å². The van der Waals surface area contributed by atoms with Gasteiger partial charge >= 0.3 is 5.97 Å². The van der Waals surface area contributed by atoms with Gasteiger partial charge in [0, 0.05) is 0 Å². The van der Waals surface area contributed by atoms with Gasteiger partial charge in [-0.2, -0.15) is 11.8 Å². The molecule has 2 N–H and O–H groups in total. The molecule has 4 heteroatoms. The number of carboxylic acid groups (broad SMARTS) is 1. The molecule has 0 spiro atoms. The fourth-order valence-electron chi connectivity index (χ4n) is 1.79. The monoisotopic (exact) mass is 204 g/mol. The number of hydrogen-bond donors (Lipinski definition) is 2. The molecule has 2 unspecified atom stereocenters. The van der Waals surface area contributed by atoms with Crippen LogP contribution in [0.3, 0.4) is 0 Å². The summed E-state index contributed by atoms with van der Waals surface area (Å²) < 4.78 is 0. The summed E-state index contributed by atoms with van der Waals surface area (Å²) in [6, 6.07) is 0. The zero-order valence-electron chi connectivity index (χ0n) is 7.99. The van der Waals surface area contributed by atoms with E-state index < -0.39 is 11.6 Å². The summed E-state index contributed by atoms with van der Waals surface area (Å²) in [4.78, 5) is 10.6. The largest absolute Gasteiger partial charge is 0.481 e. The van der Waals surface area contributed by atoms with Crippen LogP contribution in [-0.4, -0.2) is 33.3 Å². The Hall–Kier alpha value is -0.220. The van der Waals surface area contributed by atoms with Crippen molar-refractivity contribution in [2.24, 2.45) is 11.8 Å². The molecule has 1 aliphatic heterocycles. The quantitative estimate of drug-likeness (QED) is 0.710. The molecule has 0 aromatic heterocycles. The first-order chi connectivity index (χ1) is 5.97. The summed E-state index contributed by atoms with van der Waals surface area (Å²) in [5, 5.41) is 18.9. The van der Waals surface area contributed by atoms with E-state index in [0.29, 0.717) is 0 Å². The fraction of sp³-hybridized carbons (Fsp3) is 0.889. The molecule has 3 nitrogen and oxygen atoms in total. The number of carbonyl (C=O) groups is 1. The standard InChI is InChI=1S/C9H16O3S/c1-6-4-13-5-7(2)9(6,12)3-8(10)11/h6-7,12H,3-5H2,1-2H3,(H,10,11). The van der Waals surface area contributed by atoms with E-state index in [0.717, 1.165) is 11.5 Å². The van der Waals surface area contributed by atoms with Crippen LogP contribution >= 0.6 is 11.8 Å². The lowest BCUT2D eigenvalue weighted by Gasteiger charge is -2.41. The molecule has 1 rings (SSSR count). The Kier molecular flexibility index (Phi) is 3.24. The summed E-state index contributed by atoms with van der Waals surface area (Å²) >= 11 is 1.79. The summed E-state index contributed by atoms with van der Waals surface area (Å²) in [5.74, 6) is 0.935. The van der Waals surface area contributed by atoms with Crippen molar-refractivity contribution in [1.29, 1.82) is 0 Å². The molecule has 1 aliphatic rings. The van der Waals surface area contributed by atoms with Crippen molar-refractivity contribution in [3.8, 4) is 0 Å². The number of aliphatic carboxylic acids is 1. The van der Waals surface area contributed by atoms with Gasteiger partial charge in [0.25, 0.3) is 0 Å². The molecule has 0 radical (unpaired) electrons. The Morgan fingerprint density at radius 3 is 2.31 bits per heavy atom. The minimum absolute atomic E-state index is 0.0670. The number of rotatable bonds is 2. The second kappa shape index (κ2) is 3.88. The molecule has 1 heterocycles. The van der Waals surface area contributed by atoms with Crippen LogP contribution in [0.1, 0.15) is 20.3 Å². The van der Waals surface area contributed by atoms with E-state index in [9.17, 15) is 9.90 Å². The van der Waals surface area contributed by atoms with Crippen molar-refractivity contribution >= 4 is 17.7 Å². The predicted octanol–water partition coefficient (Wildman–Crippen LogP) is 1.21. The number of carboxylic acids is 1. The van der Waals surface area contributed by atoms with Gasteiger partial charge in [-0.25, -0.2) is 0 Å². The van der Waals surface area contributed by atoms with Gasteiger partial charge in [0.15, 0.2) is 0 Å². The summed E-state index contributed by atoms with van der Waals surface area (Å²) in [5.41, 5.74) is -1.00. The minimum Gasteiger partial charge on any atom is -0.481 e. The first kappa shape index (κ1) is 10.9. The van der Waals surface area contributed by atoms with Crippen LogP contribution < -0.4 is 0 Å². The van der Waals surface area contributed by atoms with Gasteiger partial charge in [0.05, 0.1) is 12.0 Å². The van der Waals surface area contributed by atoms with E-state index in [4.69, 9.17) is 5.11 Å². The van der Waals surface area contributed by atoms with Crippen LogP contribution in [0.15, 0.2) is 0 Å². The molecule has 0 saturated carbocycles. The third-order valence-corrected chi connectivity index (χ3v) is 4.35. The van der Waals surface area contributed by atoms with Gasteiger partial charge in [-0.15, -0.1) is 0 Å². The molecule has 2 atom stereocenters. The van der Waals surface area contributed by atoms with E-state index >= 15 is 0 Å². The van der Waals surface area contributed by atoms with Crippen molar-refractivity contribution in [3.63, 3.8) is 0 Å². The topological polar surface area (TPSA) is 57.5 Å². The maximum Gasteiger partial charge on any atom is 0.306 e. The Balaban J connectivity index is 2.74. The molecule has 76 valence electrons. The number of aliphatic hydroxyl groups is 1. The van der Waals surface area contributed by atoms with Gasteiger partial charge in [0.1, 0.15) is 0 Å². The van der Waals surface area contributed by atoms with Crippen LogP contribution in [0.2, 0.25) is 0 Å². The molecular weight excluding hydrogens is 188 g/mol. The second-order valence-electron chi connectivity index (χ2n) is 3.90. The van der Waals surface area contributed by atoms with E-state index in [-0.39, 0.29) is 18.3 Å². The zero-order chi connectivity index (χ0) is 10.1. The lowest BCUT2D eigenvalue weighted by atomic mass is 9.77. The number of hydrogen-bond acceptors (Lipinski definition) is 3. The highest BCUT2D eigenvalue weighted by atomic mass is 32.2. The summed E-state index contributed by atoms with van der Waals surface area (Å²) in [6.45, 7) is 3.84. The smallest absolute Gasteiger partial charge is 0.306 e. The van der Waals surface area contributed by atoms with Crippen LogP contribution in [-0.2, 0) is 4.79 Å². The molecular formula is C9H16O3S. The third kappa shape index (κ3) is 2.17. The first-order valence-corrected chi connectivity index (χ1v) is 5.64. The molecule has 0 aromatic rings. The van der Waals surface area contributed by atoms with Crippen molar-refractivity contribution in [2.45, 2.75) is 25.9 Å². The van der Waals surface area contributed by atoms with Gasteiger partial charge in [-0.3, -0.25) is 4.79 Å². The Morgan fingerprint density at radius 1 is 1.46 bits per heavy atom. The van der Waals surface area contributed by atoms with E-state index in [1.54, 1.807) is 11.8 Å². The lowest BCUT2D eigenvalue weighted by molar-refractivity contribution is -0.147. The number of thioether (sulfide) groups is 1. The molecule has 13 heavy (non-hydrogen) atoms. The zero-order valence-corrected chi connectivity index (χ0v) is 8.80. The maximum absolute atomic E-state index is 10.6. The third-order valence-electron chi connectivity index (χ3n) is 2.88. The van der Waals surface area contributed by atoms with Crippen LogP contribution in [0.25, 0.3) is 0 Å². The second-order valence-corrected chi connectivity index (χ2v) is 4.98. The van der Waals surface area contributed by atoms with E-state index in [2.05, 4.69) is 0 Å². The SMILES string of the molecule is CC1CSCC(C)C1(O)CC(=O)O. The summed E-state index contributed by atoms with van der Waals surface area (Å²) in [6.07, 6.45) is -0.129. The van der Waals surface area contributed by atoms with Gasteiger partial charge in [0.2, 0.25) is 0 Å². The average molecular weight is 204 g/mol. The first-order valence-electron chi connectivity index (χ1n) is 4.48. The van der Waals surface area contributed by atoms with Gasteiger partial charge in [-0.05, 0) is 23.3 Å². The van der Waals surface area contributed by atoms with Crippen molar-refractivity contribution in [3.05, 3.63) is 0 Å². The highest BCUT2D eigenvalue weighted by Gasteiger charge is 2.43. The molecule has 0 bridgehead atoms. The average Bonchev–Trinajstić information content (AvgIpc) is 1.99. The maximum atomic E-state index is 10.6. The van der Waals surface area contributed by atoms with Crippen molar-refractivity contribution in [1.82, 2.24) is 0 Å². The van der Waals surface area contributed by atoms with Crippen LogP contribution in [0.4, 0.5) is 0 Å². The lowest BCUT2D eigenvalue weighted by Crippen LogP contribution is -2.49. The van der Waals surface area contributed by atoms with Crippen molar-refractivity contribution in [2.75, 3.05) is 11.5 Å². The van der Waals surface area contributed by atoms with Crippen molar-refractivity contribution < 1.29 is 15.0 Å². The Morgan fingerprint density at radius 2 is 1.92 bits per heavy atom. The molecule has 0 amide bonds. The molecule has 1 fully saturated rings. The molecule has 1 saturated heterocycles. The normalized spacial score (nSPS) is 40.2. The van der Waals surface area contributed by atoms with E-state index in [1.165, 1.54) is 0 Å². The minimum atomic E-state index is -1.00. The summed E-state index contributed by atoms with van der Waals surface area (Å²) in [7, 11) is 0. The van der Waals surface area contributed by atoms with Gasteiger partial charge < -0.3 is 10.2 Å². The van der Waals surface area contributed by atoms with Crippen LogP contribution in [0, 0.1) is 11.8 Å². The highest BCUT2D eigenvalue weighted by Crippen LogP contribution is 2.38. The molecule has 0 aliphatic carbocycles. The predicted molar refractivity (Wildman–Crippen MR) is 52.9 cm³/mol. The fourth-order valence-corrected chi connectivity index (χ4v) is 3.21. The van der Waals surface area contributed by atoms with Gasteiger partial charge in [-0.1, -0.05) is 13.8 Å². The Bertz CT molecular complexity index is 195.